The van der Waals surface area contributed by atoms with E-state index in [2.05, 4.69) is 15.1 Å². The Labute approximate surface area is 151 Å². The average Bonchev–Trinajstić information content (AvgIpc) is 2.92. The van der Waals surface area contributed by atoms with Crippen LogP contribution in [0.4, 0.5) is 0 Å². The number of ether oxygens (including phenoxy) is 1. The van der Waals surface area contributed by atoms with Crippen molar-refractivity contribution in [3.8, 4) is 17.1 Å². The third-order valence-electron chi connectivity index (χ3n) is 4.16. The van der Waals surface area contributed by atoms with Crippen molar-refractivity contribution in [3.63, 3.8) is 0 Å². The third kappa shape index (κ3) is 3.12. The first-order valence-electron chi connectivity index (χ1n) is 8.72. The van der Waals surface area contributed by atoms with Crippen molar-refractivity contribution in [1.82, 2.24) is 19.6 Å². The maximum absolute atomic E-state index is 12.6. The van der Waals surface area contributed by atoms with E-state index in [1.807, 2.05) is 13.8 Å². The molecule has 2 heterocycles. The lowest BCUT2D eigenvalue weighted by Gasteiger charge is -2.11. The number of imidazole rings is 1. The zero-order valence-electron chi connectivity index (χ0n) is 15.4. The highest BCUT2D eigenvalue weighted by molar-refractivity contribution is 5.95. The van der Waals surface area contributed by atoms with Crippen LogP contribution in [0.1, 0.15) is 49.1 Å². The van der Waals surface area contributed by atoms with E-state index in [4.69, 9.17) is 4.74 Å². The monoisotopic (exact) mass is 354 g/mol. The van der Waals surface area contributed by atoms with Crippen LogP contribution in [0.2, 0.25) is 0 Å². The van der Waals surface area contributed by atoms with Gasteiger partial charge in [-0.15, -0.1) is 5.10 Å². The SMILES string of the molecule is CCCc1nc(C)c2c(=O)[nH]c(-c3cc(C(C)=O)ccc3OCC)nn12. The highest BCUT2D eigenvalue weighted by Crippen LogP contribution is 2.29. The zero-order valence-corrected chi connectivity index (χ0v) is 15.4. The highest BCUT2D eigenvalue weighted by atomic mass is 16.5. The van der Waals surface area contributed by atoms with Gasteiger partial charge in [0, 0.05) is 12.0 Å². The van der Waals surface area contributed by atoms with E-state index >= 15 is 0 Å². The van der Waals surface area contributed by atoms with E-state index in [1.165, 1.54) is 6.92 Å². The summed E-state index contributed by atoms with van der Waals surface area (Å²) in [6.45, 7) is 7.68. The van der Waals surface area contributed by atoms with Gasteiger partial charge < -0.3 is 9.72 Å². The van der Waals surface area contributed by atoms with Gasteiger partial charge in [0.05, 0.1) is 17.9 Å². The molecule has 0 spiro atoms. The van der Waals surface area contributed by atoms with Crippen LogP contribution in [-0.2, 0) is 6.42 Å². The predicted octanol–water partition coefficient (Wildman–Crippen LogP) is 2.95. The first-order chi connectivity index (χ1) is 12.5. The summed E-state index contributed by atoms with van der Waals surface area (Å²) in [5.41, 5.74) is 1.93. The van der Waals surface area contributed by atoms with Gasteiger partial charge in [0.15, 0.2) is 17.1 Å². The Hall–Kier alpha value is -2.96. The molecule has 1 aromatic carbocycles. The number of ketones is 1. The van der Waals surface area contributed by atoms with E-state index in [-0.39, 0.29) is 11.3 Å². The smallest absolute Gasteiger partial charge is 0.277 e. The average molecular weight is 354 g/mol. The van der Waals surface area contributed by atoms with Gasteiger partial charge >= 0.3 is 0 Å². The van der Waals surface area contributed by atoms with Gasteiger partial charge in [-0.3, -0.25) is 9.59 Å². The Bertz CT molecular complexity index is 1030. The van der Waals surface area contributed by atoms with Gasteiger partial charge in [-0.1, -0.05) is 6.92 Å². The van der Waals surface area contributed by atoms with Crippen molar-refractivity contribution in [3.05, 3.63) is 45.6 Å². The largest absolute Gasteiger partial charge is 0.493 e. The number of aryl methyl sites for hydroxylation is 2. The first kappa shape index (κ1) is 17.8. The van der Waals surface area contributed by atoms with Crippen LogP contribution in [-0.4, -0.2) is 32.0 Å². The van der Waals surface area contributed by atoms with Gasteiger partial charge in [0.25, 0.3) is 5.56 Å². The van der Waals surface area contributed by atoms with Crippen molar-refractivity contribution < 1.29 is 9.53 Å². The number of Topliss-reactive ketones (excluding diaryl/α,β-unsaturated/α-hetero) is 1. The number of aromatic nitrogens is 4. The minimum absolute atomic E-state index is 0.0668. The number of nitrogens with zero attached hydrogens (tertiary/aromatic N) is 3. The summed E-state index contributed by atoms with van der Waals surface area (Å²) >= 11 is 0. The number of aromatic amines is 1. The van der Waals surface area contributed by atoms with Crippen molar-refractivity contribution in [2.45, 2.75) is 40.5 Å². The fourth-order valence-electron chi connectivity index (χ4n) is 2.96. The number of carbonyl (C=O) groups is 1. The second-order valence-electron chi connectivity index (χ2n) is 6.13. The van der Waals surface area contributed by atoms with E-state index in [0.29, 0.717) is 40.5 Å². The lowest BCUT2D eigenvalue weighted by Crippen LogP contribution is -2.16. The standard InChI is InChI=1S/C19H22N4O3/c1-5-7-16-20-11(3)17-19(25)21-18(22-23(16)17)14-10-13(12(4)24)8-9-15(14)26-6-2/h8-10H,5-7H2,1-4H3,(H,21,22,25). The molecule has 0 fully saturated rings. The molecule has 0 aliphatic carbocycles. The van der Waals surface area contributed by atoms with Crippen LogP contribution >= 0.6 is 0 Å². The number of carbonyl (C=O) groups excluding carboxylic acids is 1. The molecule has 2 aromatic heterocycles. The third-order valence-corrected chi connectivity index (χ3v) is 4.16. The van der Waals surface area contributed by atoms with Gasteiger partial charge in [-0.2, -0.15) is 0 Å². The normalized spacial score (nSPS) is 11.1. The molecule has 0 saturated heterocycles. The number of rotatable bonds is 6. The molecule has 0 bridgehead atoms. The molecule has 0 saturated carbocycles. The second kappa shape index (κ2) is 7.11. The lowest BCUT2D eigenvalue weighted by atomic mass is 10.1. The van der Waals surface area contributed by atoms with E-state index in [0.717, 1.165) is 18.7 Å². The molecule has 3 aromatic rings. The molecule has 0 radical (unpaired) electrons. The molecule has 136 valence electrons. The lowest BCUT2D eigenvalue weighted by molar-refractivity contribution is 0.101. The summed E-state index contributed by atoms with van der Waals surface area (Å²) in [5, 5.41) is 4.60. The molecule has 3 rings (SSSR count). The Morgan fingerprint density at radius 1 is 1.31 bits per heavy atom. The van der Waals surface area contributed by atoms with Crippen molar-refractivity contribution >= 4 is 11.3 Å². The molecule has 0 aliphatic rings. The van der Waals surface area contributed by atoms with Crippen molar-refractivity contribution in [2.75, 3.05) is 6.61 Å². The Morgan fingerprint density at radius 3 is 2.73 bits per heavy atom. The van der Waals surface area contributed by atoms with Crippen molar-refractivity contribution in [2.24, 2.45) is 0 Å². The first-order valence-corrected chi connectivity index (χ1v) is 8.72. The second-order valence-corrected chi connectivity index (χ2v) is 6.13. The summed E-state index contributed by atoms with van der Waals surface area (Å²) in [6.07, 6.45) is 1.61. The maximum Gasteiger partial charge on any atom is 0.277 e. The summed E-state index contributed by atoms with van der Waals surface area (Å²) in [5.74, 6) is 1.59. The summed E-state index contributed by atoms with van der Waals surface area (Å²) in [4.78, 5) is 31.7. The molecule has 7 heteroatoms. The van der Waals surface area contributed by atoms with Crippen LogP contribution in [0.15, 0.2) is 23.0 Å². The molecule has 0 atom stereocenters. The van der Waals surface area contributed by atoms with E-state index in [9.17, 15) is 9.59 Å². The van der Waals surface area contributed by atoms with Gasteiger partial charge in [-0.25, -0.2) is 9.50 Å². The number of H-pyrrole nitrogens is 1. The van der Waals surface area contributed by atoms with E-state index < -0.39 is 0 Å². The van der Waals surface area contributed by atoms with Crippen LogP contribution in [0.5, 0.6) is 5.75 Å². The number of benzene rings is 1. The predicted molar refractivity (Wildman–Crippen MR) is 98.9 cm³/mol. The fraction of sp³-hybridized carbons (Fsp3) is 0.368. The molecule has 1 N–H and O–H groups in total. The van der Waals surface area contributed by atoms with E-state index in [1.54, 1.807) is 29.6 Å². The number of fused-ring (bicyclic) bond motifs is 1. The fourth-order valence-corrected chi connectivity index (χ4v) is 2.96. The highest BCUT2D eigenvalue weighted by Gasteiger charge is 2.17. The van der Waals surface area contributed by atoms with Gasteiger partial charge in [0.1, 0.15) is 11.6 Å². The number of hydrogen-bond donors (Lipinski definition) is 1. The number of hydrogen-bond acceptors (Lipinski definition) is 5. The van der Waals surface area contributed by atoms with Crippen LogP contribution in [0.3, 0.4) is 0 Å². The van der Waals surface area contributed by atoms with Crippen LogP contribution in [0.25, 0.3) is 16.9 Å². The molecule has 7 nitrogen and oxygen atoms in total. The summed E-state index contributed by atoms with van der Waals surface area (Å²) in [6, 6.07) is 5.13. The Kier molecular flexibility index (Phi) is 4.88. The topological polar surface area (TPSA) is 89.3 Å². The minimum atomic E-state index is -0.266. The molecular weight excluding hydrogens is 332 g/mol. The molecule has 0 amide bonds. The summed E-state index contributed by atoms with van der Waals surface area (Å²) < 4.78 is 7.26. The van der Waals surface area contributed by atoms with Crippen LogP contribution < -0.4 is 10.3 Å². The van der Waals surface area contributed by atoms with Crippen molar-refractivity contribution in [1.29, 1.82) is 0 Å². The maximum atomic E-state index is 12.6. The Balaban J connectivity index is 2.28. The molecule has 26 heavy (non-hydrogen) atoms. The zero-order chi connectivity index (χ0) is 18.8. The van der Waals surface area contributed by atoms with Gasteiger partial charge in [-0.05, 0) is 45.4 Å². The molecule has 0 aliphatic heterocycles. The molecule has 0 unspecified atom stereocenters. The number of nitrogens with one attached hydrogen (secondary N) is 1. The van der Waals surface area contributed by atoms with Gasteiger partial charge in [0.2, 0.25) is 0 Å². The molecular formula is C19H22N4O3. The summed E-state index contributed by atoms with van der Waals surface area (Å²) in [7, 11) is 0. The Morgan fingerprint density at radius 2 is 2.08 bits per heavy atom. The van der Waals surface area contributed by atoms with Crippen LogP contribution in [0, 0.1) is 6.92 Å². The minimum Gasteiger partial charge on any atom is -0.493 e. The quantitative estimate of drug-likeness (QED) is 0.688.